The Hall–Kier alpha value is -0.0400. The normalized spacial score (nSPS) is 11.5. The molecule has 12 heavy (non-hydrogen) atoms. The average molecular weight is 170 g/mol. The molecule has 0 fully saturated rings. The first-order valence-corrected chi connectivity index (χ1v) is 5.33. The van der Waals surface area contributed by atoms with Gasteiger partial charge in [-0.3, -0.25) is 0 Å². The maximum atomic E-state index is 3.93. The summed E-state index contributed by atoms with van der Waals surface area (Å²) in [6, 6.07) is 0.780. The lowest BCUT2D eigenvalue weighted by Gasteiger charge is -2.29. The van der Waals surface area contributed by atoms with Crippen LogP contribution in [0.3, 0.4) is 0 Å². The summed E-state index contributed by atoms with van der Waals surface area (Å²) in [6.07, 6.45) is 4.95. The Bertz CT molecular complexity index is 81.0. The van der Waals surface area contributed by atoms with E-state index in [0.717, 1.165) is 12.5 Å². The zero-order valence-electron chi connectivity index (χ0n) is 8.97. The molecule has 0 aromatic rings. The first-order valence-electron chi connectivity index (χ1n) is 5.33. The predicted octanol–water partition coefficient (Wildman–Crippen LogP) is 3.11. The molecule has 1 atom stereocenters. The smallest absolute Gasteiger partial charge is 0.00949 e. The van der Waals surface area contributed by atoms with Crippen molar-refractivity contribution in [2.45, 2.75) is 52.5 Å². The van der Waals surface area contributed by atoms with Gasteiger partial charge in [0.15, 0.2) is 0 Å². The van der Waals surface area contributed by atoms with Crippen LogP contribution in [0.15, 0.2) is 0 Å². The van der Waals surface area contributed by atoms with Crippen molar-refractivity contribution >= 4 is 0 Å². The minimum atomic E-state index is 0.780. The predicted molar refractivity (Wildman–Crippen MR) is 56.2 cm³/mol. The summed E-state index contributed by atoms with van der Waals surface area (Å²) in [5, 5.41) is 0. The van der Waals surface area contributed by atoms with Crippen LogP contribution >= 0.6 is 0 Å². The van der Waals surface area contributed by atoms with Crippen molar-refractivity contribution in [1.82, 2.24) is 4.90 Å². The Balaban J connectivity index is 3.86. The average Bonchev–Trinajstić information content (AvgIpc) is 2.07. The van der Waals surface area contributed by atoms with Crippen molar-refractivity contribution in [3.63, 3.8) is 0 Å². The van der Waals surface area contributed by atoms with E-state index in [4.69, 9.17) is 0 Å². The molecule has 0 heterocycles. The zero-order chi connectivity index (χ0) is 9.40. The molecule has 0 aliphatic rings. The fraction of sp³-hybridized carbons (Fsp3) is 0.909. The van der Waals surface area contributed by atoms with Crippen LogP contribution in [0, 0.1) is 6.92 Å². The number of hydrogen-bond donors (Lipinski definition) is 0. The summed E-state index contributed by atoms with van der Waals surface area (Å²) < 4.78 is 0. The molecule has 0 saturated carbocycles. The highest BCUT2D eigenvalue weighted by atomic mass is 15.1. The summed E-state index contributed by atoms with van der Waals surface area (Å²) in [5.41, 5.74) is 0. The Morgan fingerprint density at radius 2 is 1.67 bits per heavy atom. The van der Waals surface area contributed by atoms with Gasteiger partial charge in [0.25, 0.3) is 0 Å². The molecule has 0 saturated heterocycles. The lowest BCUT2D eigenvalue weighted by atomic mass is 10.1. The van der Waals surface area contributed by atoms with E-state index in [0.29, 0.717) is 0 Å². The third-order valence-corrected chi connectivity index (χ3v) is 2.49. The summed E-state index contributed by atoms with van der Waals surface area (Å²) in [7, 11) is 0. The van der Waals surface area contributed by atoms with Crippen LogP contribution in [0.5, 0.6) is 0 Å². The number of rotatable bonds is 7. The van der Waals surface area contributed by atoms with Gasteiger partial charge in [-0.15, -0.1) is 0 Å². The molecule has 1 nitrogen and oxygen atoms in total. The quantitative estimate of drug-likeness (QED) is 0.567. The molecule has 0 N–H and O–H groups in total. The first-order chi connectivity index (χ1) is 5.79. The van der Waals surface area contributed by atoms with Gasteiger partial charge in [0.1, 0.15) is 0 Å². The van der Waals surface area contributed by atoms with Crippen LogP contribution in [0.25, 0.3) is 0 Å². The van der Waals surface area contributed by atoms with E-state index >= 15 is 0 Å². The topological polar surface area (TPSA) is 3.24 Å². The Morgan fingerprint density at radius 3 is 2.00 bits per heavy atom. The molecule has 0 aromatic heterocycles. The van der Waals surface area contributed by atoms with Gasteiger partial charge in [-0.05, 0) is 25.9 Å². The maximum absolute atomic E-state index is 3.93. The number of hydrogen-bond acceptors (Lipinski definition) is 1. The summed E-state index contributed by atoms with van der Waals surface area (Å²) in [4.78, 5) is 2.55. The molecule has 0 bridgehead atoms. The van der Waals surface area contributed by atoms with Gasteiger partial charge in [0.05, 0.1) is 0 Å². The summed E-state index contributed by atoms with van der Waals surface area (Å²) >= 11 is 0. The van der Waals surface area contributed by atoms with Crippen molar-refractivity contribution in [2.75, 3.05) is 13.1 Å². The molecule has 0 amide bonds. The van der Waals surface area contributed by atoms with Crippen LogP contribution < -0.4 is 0 Å². The Labute approximate surface area is 78.1 Å². The van der Waals surface area contributed by atoms with Gasteiger partial charge < -0.3 is 4.90 Å². The fourth-order valence-electron chi connectivity index (χ4n) is 1.82. The molecule has 0 spiro atoms. The van der Waals surface area contributed by atoms with E-state index in [2.05, 4.69) is 32.6 Å². The van der Waals surface area contributed by atoms with Gasteiger partial charge in [-0.2, -0.15) is 0 Å². The van der Waals surface area contributed by atoms with Crippen LogP contribution in [0.4, 0.5) is 0 Å². The van der Waals surface area contributed by atoms with Crippen LogP contribution in [-0.4, -0.2) is 24.0 Å². The van der Waals surface area contributed by atoms with Crippen LogP contribution in [0.2, 0.25) is 0 Å². The monoisotopic (exact) mass is 170 g/mol. The van der Waals surface area contributed by atoms with E-state index in [1.54, 1.807) is 0 Å². The van der Waals surface area contributed by atoms with Gasteiger partial charge in [-0.1, -0.05) is 40.5 Å². The van der Waals surface area contributed by atoms with Crippen molar-refractivity contribution < 1.29 is 0 Å². The van der Waals surface area contributed by atoms with Gasteiger partial charge >= 0.3 is 0 Å². The minimum Gasteiger partial charge on any atom is -0.301 e. The molecule has 0 aromatic carbocycles. The van der Waals surface area contributed by atoms with E-state index in [-0.39, 0.29) is 0 Å². The lowest BCUT2D eigenvalue weighted by molar-refractivity contribution is 0.195. The molecule has 0 aliphatic carbocycles. The minimum absolute atomic E-state index is 0.780. The van der Waals surface area contributed by atoms with Gasteiger partial charge in [0, 0.05) is 6.04 Å². The van der Waals surface area contributed by atoms with Gasteiger partial charge in [0.2, 0.25) is 0 Å². The van der Waals surface area contributed by atoms with E-state index in [1.165, 1.54) is 32.4 Å². The van der Waals surface area contributed by atoms with E-state index < -0.39 is 0 Å². The molecule has 1 radical (unpaired) electrons. The van der Waals surface area contributed by atoms with Gasteiger partial charge in [-0.25, -0.2) is 0 Å². The first kappa shape index (κ1) is 12.0. The van der Waals surface area contributed by atoms with Crippen molar-refractivity contribution in [3.8, 4) is 0 Å². The highest BCUT2D eigenvalue weighted by Crippen LogP contribution is 2.12. The lowest BCUT2D eigenvalue weighted by Crippen LogP contribution is -2.34. The van der Waals surface area contributed by atoms with Crippen LogP contribution in [0.1, 0.15) is 46.5 Å². The highest BCUT2D eigenvalue weighted by Gasteiger charge is 2.12. The van der Waals surface area contributed by atoms with Crippen molar-refractivity contribution in [2.24, 2.45) is 0 Å². The molecule has 1 unspecified atom stereocenters. The largest absolute Gasteiger partial charge is 0.301 e. The molecular formula is C11H24N. The molecule has 0 rings (SSSR count). The second-order valence-electron chi connectivity index (χ2n) is 3.31. The van der Waals surface area contributed by atoms with E-state index in [9.17, 15) is 0 Å². The standard InChI is InChI=1S/C11H24N/c1-5-9-11(10-6-2)12(7-3)8-4/h11H,1,5-10H2,2-4H3. The summed E-state index contributed by atoms with van der Waals surface area (Å²) in [5.74, 6) is 0. The van der Waals surface area contributed by atoms with Crippen molar-refractivity contribution in [1.29, 1.82) is 0 Å². The maximum Gasteiger partial charge on any atom is 0.00949 e. The third-order valence-electron chi connectivity index (χ3n) is 2.49. The Morgan fingerprint density at radius 1 is 1.08 bits per heavy atom. The SMILES string of the molecule is [CH2]CCC(CCC)N(CC)CC. The second-order valence-corrected chi connectivity index (χ2v) is 3.31. The second kappa shape index (κ2) is 7.60. The molecule has 1 heteroatoms. The third kappa shape index (κ3) is 4.10. The van der Waals surface area contributed by atoms with E-state index in [1.807, 2.05) is 0 Å². The summed E-state index contributed by atoms with van der Waals surface area (Å²) in [6.45, 7) is 13.0. The van der Waals surface area contributed by atoms with Crippen LogP contribution in [-0.2, 0) is 0 Å². The fourth-order valence-corrected chi connectivity index (χ4v) is 1.82. The highest BCUT2D eigenvalue weighted by molar-refractivity contribution is 4.69. The molecule has 73 valence electrons. The zero-order valence-corrected chi connectivity index (χ0v) is 8.97. The molecular weight excluding hydrogens is 146 g/mol. The molecule has 0 aliphatic heterocycles. The number of nitrogens with zero attached hydrogens (tertiary/aromatic N) is 1. The Kier molecular flexibility index (Phi) is 7.58. The van der Waals surface area contributed by atoms with Crippen molar-refractivity contribution in [3.05, 3.63) is 6.92 Å².